The van der Waals surface area contributed by atoms with Crippen molar-refractivity contribution < 1.29 is 17.5 Å². The Labute approximate surface area is 171 Å². The minimum atomic E-state index is -3.59. The monoisotopic (exact) mass is 422 g/mol. The highest BCUT2D eigenvalue weighted by Gasteiger charge is 2.14. The van der Waals surface area contributed by atoms with Gasteiger partial charge in [-0.15, -0.1) is 0 Å². The van der Waals surface area contributed by atoms with E-state index in [0.717, 1.165) is 11.1 Å². The molecule has 0 heterocycles. The highest BCUT2D eigenvalue weighted by atomic mass is 32.2. The summed E-state index contributed by atoms with van der Waals surface area (Å²) in [6.07, 6.45) is 0. The summed E-state index contributed by atoms with van der Waals surface area (Å²) in [4.78, 5) is 6.29. The third-order valence-corrected chi connectivity index (χ3v) is 5.60. The normalized spacial score (nSPS) is 12.1. The standard InChI is InChI=1S/C20H27FN4O3S/c1-22-20(25(2)15-17-7-4-8-18(21)12-17)23-14-16-6-5-9-19(13-16)29(26,27)24-10-11-28-3/h4-9,12-13,24H,10-11,14-15H2,1-3H3,(H,22,23). The molecule has 0 bridgehead atoms. The van der Waals surface area contributed by atoms with Gasteiger partial charge in [-0.2, -0.15) is 0 Å². The van der Waals surface area contributed by atoms with E-state index >= 15 is 0 Å². The number of aliphatic imine (C=N–C) groups is 1. The van der Waals surface area contributed by atoms with E-state index in [0.29, 0.717) is 25.7 Å². The highest BCUT2D eigenvalue weighted by molar-refractivity contribution is 7.89. The number of nitrogens with one attached hydrogen (secondary N) is 2. The van der Waals surface area contributed by atoms with Gasteiger partial charge in [0, 0.05) is 40.8 Å². The zero-order valence-corrected chi connectivity index (χ0v) is 17.7. The first-order valence-corrected chi connectivity index (χ1v) is 10.6. The lowest BCUT2D eigenvalue weighted by Crippen LogP contribution is -2.38. The van der Waals surface area contributed by atoms with Crippen LogP contribution in [-0.4, -0.2) is 53.6 Å². The van der Waals surface area contributed by atoms with Crippen LogP contribution in [0, 0.1) is 5.82 Å². The van der Waals surface area contributed by atoms with Crippen LogP contribution in [0.3, 0.4) is 0 Å². The van der Waals surface area contributed by atoms with Gasteiger partial charge >= 0.3 is 0 Å². The average Bonchev–Trinajstić information content (AvgIpc) is 2.69. The zero-order valence-electron chi connectivity index (χ0n) is 16.9. The third kappa shape index (κ3) is 7.12. The molecule has 0 spiro atoms. The molecule has 0 fully saturated rings. The van der Waals surface area contributed by atoms with Crippen LogP contribution in [0.25, 0.3) is 0 Å². The number of guanidine groups is 1. The maximum absolute atomic E-state index is 13.4. The Kier molecular flexibility index (Phi) is 8.56. The maximum Gasteiger partial charge on any atom is 0.240 e. The van der Waals surface area contributed by atoms with E-state index < -0.39 is 10.0 Å². The Bertz CT molecular complexity index is 935. The minimum Gasteiger partial charge on any atom is -0.383 e. The SMILES string of the molecule is CN=C(NCc1cccc(S(=O)(=O)NCCOC)c1)N(C)Cc1cccc(F)c1. The van der Waals surface area contributed by atoms with Crippen molar-refractivity contribution in [1.82, 2.24) is 14.9 Å². The predicted molar refractivity (Wildman–Crippen MR) is 112 cm³/mol. The Morgan fingerprint density at radius 2 is 1.90 bits per heavy atom. The number of benzene rings is 2. The number of hydrogen-bond donors (Lipinski definition) is 2. The van der Waals surface area contributed by atoms with Gasteiger partial charge in [0.2, 0.25) is 10.0 Å². The summed E-state index contributed by atoms with van der Waals surface area (Å²) in [5.41, 5.74) is 1.62. The van der Waals surface area contributed by atoms with Gasteiger partial charge in [-0.1, -0.05) is 24.3 Å². The van der Waals surface area contributed by atoms with Crippen LogP contribution < -0.4 is 10.0 Å². The maximum atomic E-state index is 13.4. The first kappa shape index (κ1) is 22.8. The lowest BCUT2D eigenvalue weighted by atomic mass is 10.2. The molecule has 2 aromatic carbocycles. The molecule has 0 radical (unpaired) electrons. The van der Waals surface area contributed by atoms with Gasteiger partial charge in [-0.25, -0.2) is 17.5 Å². The highest BCUT2D eigenvalue weighted by Crippen LogP contribution is 2.12. The van der Waals surface area contributed by atoms with Crippen molar-refractivity contribution in [1.29, 1.82) is 0 Å². The molecule has 0 aliphatic rings. The number of hydrogen-bond acceptors (Lipinski definition) is 4. The lowest BCUT2D eigenvalue weighted by Gasteiger charge is -2.22. The van der Waals surface area contributed by atoms with E-state index in [2.05, 4.69) is 15.0 Å². The van der Waals surface area contributed by atoms with Crippen LogP contribution in [0.4, 0.5) is 4.39 Å². The molecule has 7 nitrogen and oxygen atoms in total. The fourth-order valence-electron chi connectivity index (χ4n) is 2.73. The second-order valence-corrected chi connectivity index (χ2v) is 8.19. The van der Waals surface area contributed by atoms with Crippen LogP contribution >= 0.6 is 0 Å². The summed E-state index contributed by atoms with van der Waals surface area (Å²) < 4.78 is 45.4. The number of sulfonamides is 1. The molecule has 9 heteroatoms. The molecule has 2 aromatic rings. The Balaban J connectivity index is 2.00. The topological polar surface area (TPSA) is 83.0 Å². The van der Waals surface area contributed by atoms with E-state index in [9.17, 15) is 12.8 Å². The van der Waals surface area contributed by atoms with Crippen molar-refractivity contribution in [2.24, 2.45) is 4.99 Å². The molecule has 29 heavy (non-hydrogen) atoms. The molecule has 0 aromatic heterocycles. The molecule has 2 N–H and O–H groups in total. The summed E-state index contributed by atoms with van der Waals surface area (Å²) in [6, 6.07) is 13.1. The average molecular weight is 423 g/mol. The number of methoxy groups -OCH3 is 1. The zero-order chi connectivity index (χ0) is 21.3. The minimum absolute atomic E-state index is 0.191. The molecule has 0 atom stereocenters. The van der Waals surface area contributed by atoms with Crippen molar-refractivity contribution >= 4 is 16.0 Å². The van der Waals surface area contributed by atoms with Gasteiger partial charge < -0.3 is 15.0 Å². The smallest absolute Gasteiger partial charge is 0.240 e. The lowest BCUT2D eigenvalue weighted by molar-refractivity contribution is 0.204. The molecule has 158 valence electrons. The fourth-order valence-corrected chi connectivity index (χ4v) is 3.82. The number of nitrogens with zero attached hydrogens (tertiary/aromatic N) is 2. The Hall–Kier alpha value is -2.49. The summed E-state index contributed by atoms with van der Waals surface area (Å²) in [5, 5.41) is 3.20. The predicted octanol–water partition coefficient (Wildman–Crippen LogP) is 1.96. The molecular formula is C20H27FN4O3S. The van der Waals surface area contributed by atoms with Gasteiger partial charge in [0.25, 0.3) is 0 Å². The van der Waals surface area contributed by atoms with Gasteiger partial charge in [0.15, 0.2) is 5.96 Å². The van der Waals surface area contributed by atoms with Crippen LogP contribution in [0.1, 0.15) is 11.1 Å². The summed E-state index contributed by atoms with van der Waals surface area (Å²) in [5.74, 6) is 0.330. The molecule has 0 amide bonds. The third-order valence-electron chi connectivity index (χ3n) is 4.14. The summed E-state index contributed by atoms with van der Waals surface area (Å²) in [7, 11) is 1.42. The van der Waals surface area contributed by atoms with Crippen LogP contribution in [0.5, 0.6) is 0 Å². The summed E-state index contributed by atoms with van der Waals surface area (Å²) >= 11 is 0. The second-order valence-electron chi connectivity index (χ2n) is 6.42. The van der Waals surface area contributed by atoms with Crippen LogP contribution in [0.15, 0.2) is 58.4 Å². The molecule has 2 rings (SSSR count). The Morgan fingerprint density at radius 1 is 1.17 bits per heavy atom. The van der Waals surface area contributed by atoms with E-state index in [1.165, 1.54) is 19.2 Å². The van der Waals surface area contributed by atoms with Crippen molar-refractivity contribution in [2.45, 2.75) is 18.0 Å². The van der Waals surface area contributed by atoms with Crippen molar-refractivity contribution in [3.05, 3.63) is 65.5 Å². The van der Waals surface area contributed by atoms with E-state index in [-0.39, 0.29) is 17.3 Å². The first-order chi connectivity index (χ1) is 13.9. The molecule has 0 aliphatic heterocycles. The van der Waals surface area contributed by atoms with E-state index in [4.69, 9.17) is 4.74 Å². The molecule has 0 saturated carbocycles. The second kappa shape index (κ2) is 10.9. The van der Waals surface area contributed by atoms with Gasteiger partial charge in [-0.3, -0.25) is 4.99 Å². The number of halogens is 1. The van der Waals surface area contributed by atoms with Crippen LogP contribution in [0.2, 0.25) is 0 Å². The van der Waals surface area contributed by atoms with Crippen LogP contribution in [-0.2, 0) is 27.8 Å². The number of rotatable bonds is 9. The van der Waals surface area contributed by atoms with E-state index in [1.807, 2.05) is 24.1 Å². The molecule has 0 aliphatic carbocycles. The van der Waals surface area contributed by atoms with Crippen molar-refractivity contribution in [2.75, 3.05) is 34.4 Å². The number of ether oxygens (including phenoxy) is 1. The first-order valence-electron chi connectivity index (χ1n) is 9.09. The Morgan fingerprint density at radius 3 is 2.59 bits per heavy atom. The van der Waals surface area contributed by atoms with Crippen molar-refractivity contribution in [3.8, 4) is 0 Å². The molecular weight excluding hydrogens is 395 g/mol. The molecule has 0 unspecified atom stereocenters. The van der Waals surface area contributed by atoms with Gasteiger partial charge in [0.1, 0.15) is 5.82 Å². The molecule has 0 saturated heterocycles. The quantitative estimate of drug-likeness (QED) is 0.367. The van der Waals surface area contributed by atoms with Gasteiger partial charge in [0.05, 0.1) is 11.5 Å². The van der Waals surface area contributed by atoms with Gasteiger partial charge in [-0.05, 0) is 35.4 Å². The van der Waals surface area contributed by atoms with Crippen molar-refractivity contribution in [3.63, 3.8) is 0 Å². The largest absolute Gasteiger partial charge is 0.383 e. The fraction of sp³-hybridized carbons (Fsp3) is 0.350. The van der Waals surface area contributed by atoms with E-state index in [1.54, 1.807) is 31.3 Å². The summed E-state index contributed by atoms with van der Waals surface area (Å²) in [6.45, 7) is 1.38.